The van der Waals surface area contributed by atoms with Crippen LogP contribution in [0.25, 0.3) is 5.69 Å². The van der Waals surface area contributed by atoms with Crippen LogP contribution in [0.15, 0.2) is 22.9 Å². The van der Waals surface area contributed by atoms with Gasteiger partial charge in [0.1, 0.15) is 5.75 Å². The fourth-order valence-corrected chi connectivity index (χ4v) is 1.81. The highest BCUT2D eigenvalue weighted by Crippen LogP contribution is 2.32. The Morgan fingerprint density at radius 3 is 2.25 bits per heavy atom. The van der Waals surface area contributed by atoms with Gasteiger partial charge in [-0.3, -0.25) is 4.52 Å². The van der Waals surface area contributed by atoms with E-state index in [0.29, 0.717) is 34.8 Å². The average molecular weight is 373 g/mol. The molecule has 0 aliphatic carbocycles. The first-order valence-corrected chi connectivity index (χ1v) is 6.88. The first kappa shape index (κ1) is 19.9. The van der Waals surface area contributed by atoms with Gasteiger partial charge in [0, 0.05) is 12.1 Å². The summed E-state index contributed by atoms with van der Waals surface area (Å²) in [5.74, 6) is 1.40. The first-order valence-electron chi connectivity index (χ1n) is 6.50. The largest absolute Gasteiger partial charge is 0.673 e. The minimum atomic E-state index is -6.00. The molecule has 0 atom stereocenters. The normalized spacial score (nSPS) is 10.7. The van der Waals surface area contributed by atoms with Gasteiger partial charge in [-0.2, -0.15) is 0 Å². The molecule has 1 aromatic heterocycles. The molecule has 12 heteroatoms. The van der Waals surface area contributed by atoms with Gasteiger partial charge in [-0.1, -0.05) is 11.6 Å². The van der Waals surface area contributed by atoms with Crippen molar-refractivity contribution in [2.75, 3.05) is 20.8 Å². The lowest BCUT2D eigenvalue weighted by atomic mass is 10.2. The van der Waals surface area contributed by atoms with Gasteiger partial charge in [-0.15, -0.1) is 0 Å². The van der Waals surface area contributed by atoms with Crippen molar-refractivity contribution >= 4 is 18.9 Å². The number of hydrogen-bond acceptors (Lipinski definition) is 5. The molecule has 0 N–H and O–H groups in total. The fourth-order valence-electron chi connectivity index (χ4n) is 1.57. The zero-order valence-electron chi connectivity index (χ0n) is 12.9. The molecule has 6 nitrogen and oxygen atoms in total. The van der Waals surface area contributed by atoms with E-state index in [1.807, 2.05) is 6.92 Å². The number of benzene rings is 1. The van der Waals surface area contributed by atoms with Crippen molar-refractivity contribution in [2.24, 2.45) is 0 Å². The summed E-state index contributed by atoms with van der Waals surface area (Å²) in [7, 11) is -2.91. The molecule has 0 aliphatic heterocycles. The molecule has 134 valence electrons. The van der Waals surface area contributed by atoms with Gasteiger partial charge in [-0.25, -0.2) is 0 Å². The van der Waals surface area contributed by atoms with Crippen molar-refractivity contribution in [2.45, 2.75) is 6.92 Å². The van der Waals surface area contributed by atoms with Crippen LogP contribution in [-0.2, 0) is 0 Å². The van der Waals surface area contributed by atoms with Crippen LogP contribution in [0.2, 0.25) is 5.02 Å². The maximum absolute atomic E-state index is 9.75. The van der Waals surface area contributed by atoms with Crippen LogP contribution in [0.1, 0.15) is 6.92 Å². The molecule has 1 aromatic carbocycles. The molecule has 0 radical (unpaired) electrons. The minimum absolute atomic E-state index is 0.316. The van der Waals surface area contributed by atoms with Crippen molar-refractivity contribution in [1.29, 1.82) is 0 Å². The second-order valence-electron chi connectivity index (χ2n) is 4.05. The summed E-state index contributed by atoms with van der Waals surface area (Å²) in [6.45, 7) is 2.35. The molecule has 0 amide bonds. The summed E-state index contributed by atoms with van der Waals surface area (Å²) in [5.41, 5.74) is 0.628. The first-order chi connectivity index (χ1) is 11.2. The van der Waals surface area contributed by atoms with Crippen molar-refractivity contribution in [3.63, 3.8) is 0 Å². The molecule has 2 rings (SSSR count). The van der Waals surface area contributed by atoms with Gasteiger partial charge >= 0.3 is 13.2 Å². The Bertz CT molecular complexity index is 663. The summed E-state index contributed by atoms with van der Waals surface area (Å²) in [5, 5.41) is 4.30. The van der Waals surface area contributed by atoms with Crippen LogP contribution in [0.5, 0.6) is 17.4 Å². The number of methoxy groups -OCH3 is 2. The Balaban J connectivity index is 0.000000505. The number of halogens is 5. The molecule has 0 unspecified atom stereocenters. The van der Waals surface area contributed by atoms with Crippen LogP contribution in [0.3, 0.4) is 0 Å². The molecule has 2 aromatic rings. The predicted molar refractivity (Wildman–Crippen MR) is 77.5 cm³/mol. The Morgan fingerprint density at radius 2 is 1.75 bits per heavy atom. The SMILES string of the molecule is CCOc1c[n+](-c2cc(Cl)c(OC)cc2OC)no1.F[B-](F)(F)F. The standard InChI is InChI=1S/C12H14ClN2O4.BF4/c1-4-18-12-7-15(14-19-12)9-5-8(13)10(16-2)6-11(9)17-3;2-1(3,4)5/h5-7H,4H2,1-3H3;/q+1;-1. The van der Waals surface area contributed by atoms with Crippen molar-refractivity contribution in [1.82, 2.24) is 5.27 Å². The maximum atomic E-state index is 9.75. The van der Waals surface area contributed by atoms with Crippen molar-refractivity contribution < 1.29 is 40.7 Å². The van der Waals surface area contributed by atoms with Gasteiger partial charge in [0.2, 0.25) is 5.27 Å². The van der Waals surface area contributed by atoms with Crippen LogP contribution in [0, 0.1) is 0 Å². The van der Waals surface area contributed by atoms with E-state index in [-0.39, 0.29) is 0 Å². The highest BCUT2D eigenvalue weighted by molar-refractivity contribution is 6.50. The zero-order valence-corrected chi connectivity index (χ0v) is 13.7. The summed E-state index contributed by atoms with van der Waals surface area (Å²) < 4.78 is 61.1. The van der Waals surface area contributed by atoms with E-state index in [4.69, 9.17) is 30.3 Å². The molecule has 0 saturated heterocycles. The topological polar surface area (TPSA) is 57.6 Å². The minimum Gasteiger partial charge on any atom is -0.495 e. The molecule has 0 bridgehead atoms. The predicted octanol–water partition coefficient (Wildman–Crippen LogP) is 3.32. The molecule has 0 aliphatic rings. The van der Waals surface area contributed by atoms with Crippen LogP contribution >= 0.6 is 11.6 Å². The van der Waals surface area contributed by atoms with E-state index in [0.717, 1.165) is 0 Å². The number of aromatic nitrogens is 2. The Morgan fingerprint density at radius 1 is 1.17 bits per heavy atom. The van der Waals surface area contributed by atoms with E-state index in [2.05, 4.69) is 5.27 Å². The quantitative estimate of drug-likeness (QED) is 0.458. The highest BCUT2D eigenvalue weighted by atomic mass is 35.5. The van der Waals surface area contributed by atoms with Gasteiger partial charge in [-0.05, 0) is 11.6 Å². The molecular weight excluding hydrogens is 358 g/mol. The monoisotopic (exact) mass is 372 g/mol. The average Bonchev–Trinajstić information content (AvgIpc) is 2.94. The number of hydrogen-bond donors (Lipinski definition) is 0. The number of nitrogens with zero attached hydrogens (tertiary/aromatic N) is 2. The summed E-state index contributed by atoms with van der Waals surface area (Å²) >= 11 is 6.09. The molecule has 0 spiro atoms. The molecular formula is C12H14BClF4N2O4. The van der Waals surface area contributed by atoms with Crippen molar-refractivity contribution in [3.05, 3.63) is 23.4 Å². The third-order valence-corrected chi connectivity index (χ3v) is 2.73. The van der Waals surface area contributed by atoms with Gasteiger partial charge in [0.05, 0.1) is 25.8 Å². The molecule has 1 heterocycles. The van der Waals surface area contributed by atoms with Crippen LogP contribution in [0.4, 0.5) is 17.3 Å². The van der Waals surface area contributed by atoms with E-state index >= 15 is 0 Å². The Kier molecular flexibility index (Phi) is 7.14. The molecule has 0 saturated carbocycles. The van der Waals surface area contributed by atoms with E-state index in [1.54, 1.807) is 25.4 Å². The van der Waals surface area contributed by atoms with Crippen LogP contribution in [-0.4, -0.2) is 33.4 Å². The van der Waals surface area contributed by atoms with Gasteiger partial charge in [0.15, 0.2) is 5.75 Å². The zero-order chi connectivity index (χ0) is 18.3. The smallest absolute Gasteiger partial charge is 0.495 e. The molecule has 24 heavy (non-hydrogen) atoms. The van der Waals surface area contributed by atoms with Crippen molar-refractivity contribution in [3.8, 4) is 23.1 Å². The van der Waals surface area contributed by atoms with Gasteiger partial charge in [0.25, 0.3) is 11.9 Å². The lowest BCUT2D eigenvalue weighted by Gasteiger charge is -2.05. The summed E-state index contributed by atoms with van der Waals surface area (Å²) in [6, 6.07) is 3.36. The molecule has 0 fully saturated rings. The lowest BCUT2D eigenvalue weighted by Crippen LogP contribution is -2.32. The summed E-state index contributed by atoms with van der Waals surface area (Å²) in [6.07, 6.45) is 1.60. The second-order valence-corrected chi connectivity index (χ2v) is 4.46. The Labute approximate surface area is 139 Å². The van der Waals surface area contributed by atoms with Gasteiger partial charge < -0.3 is 31.5 Å². The highest BCUT2D eigenvalue weighted by Gasteiger charge is 2.23. The lowest BCUT2D eigenvalue weighted by molar-refractivity contribution is -0.670. The third kappa shape index (κ3) is 6.15. The summed E-state index contributed by atoms with van der Waals surface area (Å²) in [4.78, 5) is 0. The van der Waals surface area contributed by atoms with E-state index < -0.39 is 7.25 Å². The number of rotatable bonds is 5. The van der Waals surface area contributed by atoms with Crippen LogP contribution < -0.4 is 18.9 Å². The third-order valence-electron chi connectivity index (χ3n) is 2.43. The maximum Gasteiger partial charge on any atom is 0.673 e. The van der Waals surface area contributed by atoms with E-state index in [1.165, 1.54) is 11.8 Å². The van der Waals surface area contributed by atoms with E-state index in [9.17, 15) is 17.3 Å². The Hall–Kier alpha value is -2.17. The fraction of sp³-hybridized carbons (Fsp3) is 0.333. The number of ether oxygens (including phenoxy) is 3. The second kappa shape index (κ2) is 8.62.